The first kappa shape index (κ1) is 9.85. The van der Waals surface area contributed by atoms with Gasteiger partial charge in [0.15, 0.2) is 5.82 Å². The second-order valence-corrected chi connectivity index (χ2v) is 3.36. The van der Waals surface area contributed by atoms with E-state index in [-0.39, 0.29) is 0 Å². The Bertz CT molecular complexity index is 429. The SMILES string of the molecule is Cn1ccnc1-c1n[nH]c(CCCN)n1. The molecule has 3 N–H and O–H groups in total. The third kappa shape index (κ3) is 2.04. The van der Waals surface area contributed by atoms with Crippen LogP contribution in [0, 0.1) is 0 Å². The molecule has 2 aromatic rings. The fourth-order valence-corrected chi connectivity index (χ4v) is 1.36. The number of aromatic amines is 1. The van der Waals surface area contributed by atoms with Gasteiger partial charge in [-0.25, -0.2) is 9.97 Å². The van der Waals surface area contributed by atoms with Crippen LogP contribution in [0.15, 0.2) is 12.4 Å². The molecule has 6 nitrogen and oxygen atoms in total. The molecule has 0 saturated carbocycles. The summed E-state index contributed by atoms with van der Waals surface area (Å²) in [6.07, 6.45) is 5.33. The zero-order chi connectivity index (χ0) is 10.7. The van der Waals surface area contributed by atoms with E-state index in [2.05, 4.69) is 20.2 Å². The minimum absolute atomic E-state index is 0.634. The molecule has 15 heavy (non-hydrogen) atoms. The number of imidazole rings is 1. The summed E-state index contributed by atoms with van der Waals surface area (Å²) < 4.78 is 1.88. The quantitative estimate of drug-likeness (QED) is 0.742. The van der Waals surface area contributed by atoms with Gasteiger partial charge in [0.05, 0.1) is 0 Å². The first-order valence-electron chi connectivity index (χ1n) is 4.90. The summed E-state index contributed by atoms with van der Waals surface area (Å²) in [5, 5.41) is 7.00. The number of hydrogen-bond acceptors (Lipinski definition) is 4. The normalized spacial score (nSPS) is 10.8. The summed E-state index contributed by atoms with van der Waals surface area (Å²) in [7, 11) is 1.91. The Morgan fingerprint density at radius 1 is 1.53 bits per heavy atom. The molecule has 2 heterocycles. The average molecular weight is 206 g/mol. The van der Waals surface area contributed by atoms with Crippen molar-refractivity contribution in [3.63, 3.8) is 0 Å². The molecular weight excluding hydrogens is 192 g/mol. The second-order valence-electron chi connectivity index (χ2n) is 3.36. The number of aromatic nitrogens is 5. The minimum atomic E-state index is 0.634. The zero-order valence-corrected chi connectivity index (χ0v) is 8.64. The van der Waals surface area contributed by atoms with Crippen molar-refractivity contribution < 1.29 is 0 Å². The van der Waals surface area contributed by atoms with Crippen molar-refractivity contribution in [2.24, 2.45) is 12.8 Å². The molecule has 0 unspecified atom stereocenters. The van der Waals surface area contributed by atoms with E-state index < -0.39 is 0 Å². The van der Waals surface area contributed by atoms with Gasteiger partial charge in [-0.3, -0.25) is 5.10 Å². The van der Waals surface area contributed by atoms with Gasteiger partial charge >= 0.3 is 0 Å². The van der Waals surface area contributed by atoms with Gasteiger partial charge < -0.3 is 10.3 Å². The van der Waals surface area contributed by atoms with E-state index in [1.807, 2.05) is 17.8 Å². The largest absolute Gasteiger partial charge is 0.331 e. The van der Waals surface area contributed by atoms with E-state index >= 15 is 0 Å². The lowest BCUT2D eigenvalue weighted by Crippen LogP contribution is -2.01. The third-order valence-corrected chi connectivity index (χ3v) is 2.17. The average Bonchev–Trinajstić information content (AvgIpc) is 2.83. The Labute approximate surface area is 87.5 Å². The summed E-state index contributed by atoms with van der Waals surface area (Å²) in [4.78, 5) is 8.52. The van der Waals surface area contributed by atoms with Gasteiger partial charge in [0, 0.05) is 25.9 Å². The predicted molar refractivity (Wildman–Crippen MR) is 56.0 cm³/mol. The number of nitrogens with two attached hydrogens (primary N) is 1. The topological polar surface area (TPSA) is 85.4 Å². The Morgan fingerprint density at radius 2 is 2.40 bits per heavy atom. The summed E-state index contributed by atoms with van der Waals surface area (Å²) >= 11 is 0. The summed E-state index contributed by atoms with van der Waals surface area (Å²) in [6.45, 7) is 0.665. The number of rotatable bonds is 4. The molecule has 0 aliphatic rings. The number of aryl methyl sites for hydroxylation is 2. The minimum Gasteiger partial charge on any atom is -0.331 e. The van der Waals surface area contributed by atoms with Crippen LogP contribution in [0.25, 0.3) is 11.6 Å². The maximum absolute atomic E-state index is 5.42. The molecule has 0 fully saturated rings. The monoisotopic (exact) mass is 206 g/mol. The molecule has 0 aliphatic carbocycles. The molecule has 2 rings (SSSR count). The van der Waals surface area contributed by atoms with Gasteiger partial charge in [-0.1, -0.05) is 0 Å². The van der Waals surface area contributed by atoms with Crippen molar-refractivity contribution in [3.05, 3.63) is 18.2 Å². The summed E-state index contributed by atoms with van der Waals surface area (Å²) in [5.41, 5.74) is 5.42. The highest BCUT2D eigenvalue weighted by atomic mass is 15.2. The number of hydrogen-bond donors (Lipinski definition) is 2. The first-order chi connectivity index (χ1) is 7.31. The maximum Gasteiger partial charge on any atom is 0.217 e. The van der Waals surface area contributed by atoms with E-state index in [4.69, 9.17) is 5.73 Å². The van der Waals surface area contributed by atoms with E-state index in [0.717, 1.165) is 24.5 Å². The third-order valence-electron chi connectivity index (χ3n) is 2.17. The standard InChI is InChI=1S/C9H14N6/c1-15-6-5-11-9(15)8-12-7(13-14-8)3-2-4-10/h5-6H,2-4,10H2,1H3,(H,12,13,14). The molecule has 2 aromatic heterocycles. The highest BCUT2D eigenvalue weighted by Crippen LogP contribution is 2.10. The Balaban J connectivity index is 2.17. The fourth-order valence-electron chi connectivity index (χ4n) is 1.36. The number of nitrogens with one attached hydrogen (secondary N) is 1. The molecular formula is C9H14N6. The van der Waals surface area contributed by atoms with Gasteiger partial charge in [0.2, 0.25) is 5.82 Å². The van der Waals surface area contributed by atoms with E-state index in [9.17, 15) is 0 Å². The van der Waals surface area contributed by atoms with Crippen molar-refractivity contribution >= 4 is 0 Å². The van der Waals surface area contributed by atoms with Crippen molar-refractivity contribution in [1.82, 2.24) is 24.7 Å². The lowest BCUT2D eigenvalue weighted by Gasteiger charge is -1.94. The molecule has 0 atom stereocenters. The van der Waals surface area contributed by atoms with Crippen LogP contribution in [0.5, 0.6) is 0 Å². The van der Waals surface area contributed by atoms with Gasteiger partial charge in [0.25, 0.3) is 0 Å². The van der Waals surface area contributed by atoms with Crippen LogP contribution < -0.4 is 5.73 Å². The van der Waals surface area contributed by atoms with Gasteiger partial charge in [0.1, 0.15) is 5.82 Å². The molecule has 0 saturated heterocycles. The molecule has 0 amide bonds. The van der Waals surface area contributed by atoms with E-state index in [0.29, 0.717) is 12.4 Å². The van der Waals surface area contributed by atoms with Crippen molar-refractivity contribution in [2.45, 2.75) is 12.8 Å². The Morgan fingerprint density at radius 3 is 3.07 bits per heavy atom. The van der Waals surface area contributed by atoms with E-state index in [1.54, 1.807) is 6.20 Å². The van der Waals surface area contributed by atoms with Crippen LogP contribution in [-0.2, 0) is 13.5 Å². The van der Waals surface area contributed by atoms with Gasteiger partial charge in [-0.15, -0.1) is 0 Å². The predicted octanol–water partition coefficient (Wildman–Crippen LogP) is 0.0965. The van der Waals surface area contributed by atoms with Crippen molar-refractivity contribution in [1.29, 1.82) is 0 Å². The van der Waals surface area contributed by atoms with Crippen LogP contribution in [0.1, 0.15) is 12.2 Å². The molecule has 0 radical (unpaired) electrons. The van der Waals surface area contributed by atoms with Gasteiger partial charge in [-0.2, -0.15) is 5.10 Å². The lowest BCUT2D eigenvalue weighted by atomic mass is 10.3. The van der Waals surface area contributed by atoms with E-state index in [1.165, 1.54) is 0 Å². The zero-order valence-electron chi connectivity index (χ0n) is 8.64. The van der Waals surface area contributed by atoms with Gasteiger partial charge in [-0.05, 0) is 13.0 Å². The second kappa shape index (κ2) is 4.22. The van der Waals surface area contributed by atoms with Crippen LogP contribution in [0.3, 0.4) is 0 Å². The molecule has 0 aliphatic heterocycles. The smallest absolute Gasteiger partial charge is 0.217 e. The molecule has 0 bridgehead atoms. The van der Waals surface area contributed by atoms with Crippen LogP contribution >= 0.6 is 0 Å². The number of H-pyrrole nitrogens is 1. The molecule has 80 valence electrons. The number of nitrogens with zero attached hydrogens (tertiary/aromatic N) is 4. The summed E-state index contributed by atoms with van der Waals surface area (Å²) in [6, 6.07) is 0. The first-order valence-corrected chi connectivity index (χ1v) is 4.90. The van der Waals surface area contributed by atoms with Crippen LogP contribution in [0.4, 0.5) is 0 Å². The molecule has 0 aromatic carbocycles. The summed E-state index contributed by atoms with van der Waals surface area (Å²) in [5.74, 6) is 2.26. The molecule has 0 spiro atoms. The Hall–Kier alpha value is -1.69. The highest BCUT2D eigenvalue weighted by Gasteiger charge is 2.09. The van der Waals surface area contributed by atoms with Crippen LogP contribution in [0.2, 0.25) is 0 Å². The fraction of sp³-hybridized carbons (Fsp3) is 0.444. The van der Waals surface area contributed by atoms with Crippen LogP contribution in [-0.4, -0.2) is 31.3 Å². The van der Waals surface area contributed by atoms with Crippen molar-refractivity contribution in [3.8, 4) is 11.6 Å². The lowest BCUT2D eigenvalue weighted by molar-refractivity contribution is 0.785. The molecule has 6 heteroatoms. The maximum atomic E-state index is 5.42. The Kier molecular flexibility index (Phi) is 2.77. The highest BCUT2D eigenvalue weighted by molar-refractivity contribution is 5.42. The van der Waals surface area contributed by atoms with Crippen molar-refractivity contribution in [2.75, 3.05) is 6.54 Å².